The molecule has 3 nitrogen and oxygen atoms in total. The average Bonchev–Trinajstić information content (AvgIpc) is 3.00. The van der Waals surface area contributed by atoms with Crippen molar-refractivity contribution in [2.75, 3.05) is 19.8 Å². The highest BCUT2D eigenvalue weighted by molar-refractivity contribution is 7.91. The molecule has 0 radical (unpaired) electrons. The quantitative estimate of drug-likeness (QED) is 0.599. The number of sulfone groups is 1. The molecule has 0 aromatic heterocycles. The third kappa shape index (κ3) is 6.10. The molecule has 31 heavy (non-hydrogen) atoms. The topological polar surface area (TPSA) is 37.4 Å². The lowest BCUT2D eigenvalue weighted by atomic mass is 9.97. The summed E-state index contributed by atoms with van der Waals surface area (Å²) in [7, 11) is 0.557. The number of rotatable bonds is 7. The molecule has 0 heterocycles. The summed E-state index contributed by atoms with van der Waals surface area (Å²) in [4.78, 5) is 1.85. The van der Waals surface area contributed by atoms with E-state index in [0.29, 0.717) is 30.5 Å². The minimum absolute atomic E-state index is 0.0675. The molecule has 170 valence electrons. The minimum Gasteiger partial charge on any atom is -0.305 e. The summed E-state index contributed by atoms with van der Waals surface area (Å²) in [5.41, 5.74) is 3.84. The summed E-state index contributed by atoms with van der Waals surface area (Å²) in [5, 5.41) is -0.385. The van der Waals surface area contributed by atoms with Gasteiger partial charge in [-0.15, -0.1) is 0 Å². The van der Waals surface area contributed by atoms with Gasteiger partial charge < -0.3 is 4.90 Å². The van der Waals surface area contributed by atoms with Crippen molar-refractivity contribution < 1.29 is 21.6 Å². The highest BCUT2D eigenvalue weighted by Crippen LogP contribution is 2.33. The molecule has 0 aliphatic heterocycles. The smallest absolute Gasteiger partial charge is 0.305 e. The van der Waals surface area contributed by atoms with Crippen LogP contribution in [0, 0.1) is 5.92 Å². The minimum atomic E-state index is -4.38. The maximum absolute atomic E-state index is 13.4. The van der Waals surface area contributed by atoms with Gasteiger partial charge in [-0.3, -0.25) is 0 Å². The van der Waals surface area contributed by atoms with Crippen molar-refractivity contribution in [3.8, 4) is 0 Å². The number of hydrogen-bond donors (Lipinski definition) is 0. The Bertz CT molecular complexity index is 1040. The summed E-state index contributed by atoms with van der Waals surface area (Å²) < 4.78 is 64.7. The zero-order chi connectivity index (χ0) is 23.0. The zero-order valence-corrected chi connectivity index (χ0v) is 19.3. The summed E-state index contributed by atoms with van der Waals surface area (Å²) in [6, 6.07) is 10.3. The molecule has 1 aliphatic carbocycles. The van der Waals surface area contributed by atoms with E-state index in [1.165, 1.54) is 12.1 Å². The second kappa shape index (κ2) is 8.94. The first kappa shape index (κ1) is 23.8. The van der Waals surface area contributed by atoms with E-state index in [1.54, 1.807) is 13.8 Å². The average molecular weight is 454 g/mol. The van der Waals surface area contributed by atoms with Gasteiger partial charge in [0.2, 0.25) is 0 Å². The van der Waals surface area contributed by atoms with Gasteiger partial charge in [0.1, 0.15) is 0 Å². The molecule has 0 bridgehead atoms. The van der Waals surface area contributed by atoms with Crippen LogP contribution in [0.25, 0.3) is 0 Å². The molecule has 0 saturated carbocycles. The highest BCUT2D eigenvalue weighted by Gasteiger charge is 2.31. The largest absolute Gasteiger partial charge is 0.416 e. The molecule has 2 aromatic carbocycles. The normalized spacial score (nSPS) is 16.9. The SMILES string of the molecule is CC(C)S(=O)(=O)C[C@H]1Cc2ccc(Cc3cc(CN(C)C)cc(C(F)(F)F)c3)cc2C1. The predicted molar refractivity (Wildman–Crippen MR) is 118 cm³/mol. The molecule has 0 spiro atoms. The van der Waals surface area contributed by atoms with Crippen LogP contribution in [0.5, 0.6) is 0 Å². The lowest BCUT2D eigenvalue weighted by molar-refractivity contribution is -0.137. The maximum Gasteiger partial charge on any atom is 0.416 e. The van der Waals surface area contributed by atoms with Crippen LogP contribution in [0.4, 0.5) is 13.2 Å². The van der Waals surface area contributed by atoms with E-state index in [4.69, 9.17) is 0 Å². The molecule has 3 rings (SSSR count). The van der Waals surface area contributed by atoms with Crippen molar-refractivity contribution in [1.82, 2.24) is 4.90 Å². The molecular formula is C24H30F3NO2S. The second-order valence-electron chi connectivity index (χ2n) is 9.21. The third-order valence-corrected chi connectivity index (χ3v) is 8.13. The van der Waals surface area contributed by atoms with Crippen LogP contribution in [0.2, 0.25) is 0 Å². The Kier molecular flexibility index (Phi) is 6.87. The van der Waals surface area contributed by atoms with E-state index in [9.17, 15) is 21.6 Å². The zero-order valence-electron chi connectivity index (χ0n) is 18.5. The van der Waals surface area contributed by atoms with Gasteiger partial charge in [-0.2, -0.15) is 13.2 Å². The van der Waals surface area contributed by atoms with Crippen LogP contribution in [0.1, 0.15) is 47.2 Å². The summed E-state index contributed by atoms with van der Waals surface area (Å²) in [6.07, 6.45) is -2.54. The van der Waals surface area contributed by atoms with Crippen LogP contribution >= 0.6 is 0 Å². The summed E-state index contributed by atoms with van der Waals surface area (Å²) in [5.74, 6) is 0.244. The lowest BCUT2D eigenvalue weighted by Crippen LogP contribution is -2.23. The fraction of sp³-hybridized carbons (Fsp3) is 0.500. The third-order valence-electron chi connectivity index (χ3n) is 5.76. The molecule has 2 aromatic rings. The van der Waals surface area contributed by atoms with Crippen LogP contribution in [0.15, 0.2) is 36.4 Å². The Labute approximate surface area is 183 Å². The van der Waals surface area contributed by atoms with Crippen LogP contribution in [-0.4, -0.2) is 38.4 Å². The molecule has 0 amide bonds. The van der Waals surface area contributed by atoms with Crippen molar-refractivity contribution in [2.24, 2.45) is 5.92 Å². The number of benzene rings is 2. The van der Waals surface area contributed by atoms with Crippen LogP contribution in [0.3, 0.4) is 0 Å². The summed E-state index contributed by atoms with van der Waals surface area (Å²) in [6.45, 7) is 3.84. The van der Waals surface area contributed by atoms with E-state index in [0.717, 1.165) is 23.1 Å². The fourth-order valence-electron chi connectivity index (χ4n) is 4.23. The number of hydrogen-bond acceptors (Lipinski definition) is 3. The number of fused-ring (bicyclic) bond motifs is 1. The van der Waals surface area contributed by atoms with Gasteiger partial charge in [0.05, 0.1) is 16.6 Å². The number of halogens is 3. The van der Waals surface area contributed by atoms with Gasteiger partial charge in [-0.1, -0.05) is 24.3 Å². The molecule has 0 fully saturated rings. The van der Waals surface area contributed by atoms with Crippen molar-refractivity contribution >= 4 is 9.84 Å². The van der Waals surface area contributed by atoms with Gasteiger partial charge >= 0.3 is 6.18 Å². The van der Waals surface area contributed by atoms with Gasteiger partial charge in [0.15, 0.2) is 9.84 Å². The monoisotopic (exact) mass is 453 g/mol. The van der Waals surface area contributed by atoms with Crippen molar-refractivity contribution in [2.45, 2.75) is 51.1 Å². The Hall–Kier alpha value is -1.86. The van der Waals surface area contributed by atoms with Crippen molar-refractivity contribution in [1.29, 1.82) is 0 Å². The molecule has 7 heteroatoms. The molecule has 0 saturated heterocycles. The standard InChI is InChI=1S/C24H30F3NO2S/c1-16(2)31(29,30)15-20-10-21-6-5-17(9-22(21)11-20)7-18-8-19(14-28(3)4)13-23(12-18)24(25,26)27/h5-6,8-9,12-13,16,20H,7,10-11,14-15H2,1-4H3/t20-/m0/s1. The Morgan fingerprint density at radius 3 is 2.23 bits per heavy atom. The second-order valence-corrected chi connectivity index (χ2v) is 11.8. The summed E-state index contributed by atoms with van der Waals surface area (Å²) >= 11 is 0. The first-order chi connectivity index (χ1) is 14.3. The number of nitrogens with zero attached hydrogens (tertiary/aromatic N) is 1. The molecule has 1 aliphatic rings. The van der Waals surface area contributed by atoms with E-state index in [2.05, 4.69) is 0 Å². The first-order valence-electron chi connectivity index (χ1n) is 10.5. The van der Waals surface area contributed by atoms with E-state index < -0.39 is 21.6 Å². The fourth-order valence-corrected chi connectivity index (χ4v) is 5.51. The van der Waals surface area contributed by atoms with Gasteiger partial charge in [-0.05, 0) is 93.1 Å². The van der Waals surface area contributed by atoms with E-state index in [-0.39, 0.29) is 16.9 Å². The Morgan fingerprint density at radius 2 is 1.61 bits per heavy atom. The van der Waals surface area contributed by atoms with Gasteiger partial charge in [-0.25, -0.2) is 8.42 Å². The lowest BCUT2D eigenvalue weighted by Gasteiger charge is -2.15. The highest BCUT2D eigenvalue weighted by atomic mass is 32.2. The van der Waals surface area contributed by atoms with Crippen molar-refractivity contribution in [3.05, 3.63) is 69.8 Å². The van der Waals surface area contributed by atoms with E-state index in [1.807, 2.05) is 43.3 Å². The van der Waals surface area contributed by atoms with Gasteiger partial charge in [0.25, 0.3) is 0 Å². The van der Waals surface area contributed by atoms with E-state index >= 15 is 0 Å². The molecule has 1 atom stereocenters. The Morgan fingerprint density at radius 1 is 0.968 bits per heavy atom. The predicted octanol–water partition coefficient (Wildman–Crippen LogP) is 4.90. The molecule has 0 unspecified atom stereocenters. The van der Waals surface area contributed by atoms with Crippen LogP contribution in [-0.2, 0) is 41.8 Å². The van der Waals surface area contributed by atoms with Crippen LogP contribution < -0.4 is 0 Å². The van der Waals surface area contributed by atoms with Crippen molar-refractivity contribution in [3.63, 3.8) is 0 Å². The molecular weight excluding hydrogens is 423 g/mol. The maximum atomic E-state index is 13.4. The number of alkyl halides is 3. The molecule has 0 N–H and O–H groups in total. The first-order valence-corrected chi connectivity index (χ1v) is 12.2. The van der Waals surface area contributed by atoms with Gasteiger partial charge in [0, 0.05) is 6.54 Å². The Balaban J connectivity index is 1.80.